The summed E-state index contributed by atoms with van der Waals surface area (Å²) in [4.78, 5) is 21.4. The Morgan fingerprint density at radius 2 is 2.05 bits per heavy atom. The number of nitrogens with zero attached hydrogens (tertiary/aromatic N) is 2. The standard InChI is InChI=1S/C9H14N4O5S/c1-3-13(4-6(10)14)19(17,18)8-5(2)11-12-7(8)9(15)16/h3-4H2,1-2H3,(H2,10,14)(H,11,12)(H,15,16). The molecule has 1 aromatic heterocycles. The fraction of sp³-hybridized carbons (Fsp3) is 0.444. The first-order chi connectivity index (χ1) is 8.71. The van der Waals surface area contributed by atoms with Gasteiger partial charge in [0, 0.05) is 6.54 Å². The van der Waals surface area contributed by atoms with Crippen molar-refractivity contribution in [3.05, 3.63) is 11.4 Å². The Morgan fingerprint density at radius 1 is 1.47 bits per heavy atom. The quantitative estimate of drug-likeness (QED) is 0.606. The first kappa shape index (κ1) is 15.1. The minimum atomic E-state index is -4.15. The molecule has 1 heterocycles. The van der Waals surface area contributed by atoms with Gasteiger partial charge < -0.3 is 10.8 Å². The van der Waals surface area contributed by atoms with Gasteiger partial charge in [0.05, 0.1) is 12.2 Å². The lowest BCUT2D eigenvalue weighted by Crippen LogP contribution is -2.38. The maximum absolute atomic E-state index is 12.3. The van der Waals surface area contributed by atoms with E-state index in [0.717, 1.165) is 4.31 Å². The van der Waals surface area contributed by atoms with Crippen LogP contribution >= 0.6 is 0 Å². The Hall–Kier alpha value is -1.94. The van der Waals surface area contributed by atoms with Crippen molar-refractivity contribution in [1.29, 1.82) is 0 Å². The average molecular weight is 290 g/mol. The molecule has 0 saturated carbocycles. The van der Waals surface area contributed by atoms with Gasteiger partial charge in [-0.1, -0.05) is 6.92 Å². The van der Waals surface area contributed by atoms with E-state index < -0.39 is 39.0 Å². The number of aromatic nitrogens is 2. The lowest BCUT2D eigenvalue weighted by molar-refractivity contribution is -0.118. The van der Waals surface area contributed by atoms with Gasteiger partial charge in [-0.2, -0.15) is 9.40 Å². The minimum absolute atomic E-state index is 0.0189. The van der Waals surface area contributed by atoms with Crippen molar-refractivity contribution in [3.8, 4) is 0 Å². The maximum Gasteiger partial charge on any atom is 0.357 e. The number of H-pyrrole nitrogens is 1. The second kappa shape index (κ2) is 5.36. The number of sulfonamides is 1. The van der Waals surface area contributed by atoms with Crippen LogP contribution in [0, 0.1) is 6.92 Å². The van der Waals surface area contributed by atoms with Crippen LogP contribution in [0.1, 0.15) is 23.1 Å². The number of carbonyl (C=O) groups is 2. The predicted octanol–water partition coefficient (Wildman–Crippen LogP) is -1.09. The molecule has 0 fully saturated rings. The van der Waals surface area contributed by atoms with Gasteiger partial charge >= 0.3 is 5.97 Å². The number of amides is 1. The van der Waals surface area contributed by atoms with Crippen LogP contribution in [0.3, 0.4) is 0 Å². The Kier molecular flexibility index (Phi) is 4.27. The lowest BCUT2D eigenvalue weighted by atomic mass is 10.4. The molecular weight excluding hydrogens is 276 g/mol. The molecule has 0 aliphatic rings. The van der Waals surface area contributed by atoms with Gasteiger partial charge in [-0.25, -0.2) is 13.2 Å². The number of rotatable bonds is 6. The van der Waals surface area contributed by atoms with E-state index in [9.17, 15) is 18.0 Å². The van der Waals surface area contributed by atoms with Crippen molar-refractivity contribution in [1.82, 2.24) is 14.5 Å². The molecule has 0 bridgehead atoms. The van der Waals surface area contributed by atoms with Crippen LogP contribution in [0.4, 0.5) is 0 Å². The molecule has 0 aliphatic carbocycles. The van der Waals surface area contributed by atoms with Gasteiger partial charge in [0.1, 0.15) is 4.90 Å². The summed E-state index contributed by atoms with van der Waals surface area (Å²) >= 11 is 0. The van der Waals surface area contributed by atoms with Crippen molar-refractivity contribution >= 4 is 21.9 Å². The van der Waals surface area contributed by atoms with Crippen LogP contribution in [0.25, 0.3) is 0 Å². The fourth-order valence-electron chi connectivity index (χ4n) is 1.55. The molecule has 1 aromatic rings. The highest BCUT2D eigenvalue weighted by molar-refractivity contribution is 7.89. The second-order valence-electron chi connectivity index (χ2n) is 3.73. The van der Waals surface area contributed by atoms with Crippen LogP contribution in [-0.2, 0) is 14.8 Å². The largest absolute Gasteiger partial charge is 0.476 e. The van der Waals surface area contributed by atoms with Crippen molar-refractivity contribution in [2.45, 2.75) is 18.7 Å². The summed E-state index contributed by atoms with van der Waals surface area (Å²) in [7, 11) is -4.15. The van der Waals surface area contributed by atoms with E-state index in [2.05, 4.69) is 10.2 Å². The van der Waals surface area contributed by atoms with Crippen LogP contribution in [0.2, 0.25) is 0 Å². The molecule has 0 atom stereocenters. The number of hydrogen-bond acceptors (Lipinski definition) is 5. The van der Waals surface area contributed by atoms with E-state index >= 15 is 0 Å². The Balaban J connectivity index is 3.37. The molecule has 0 saturated heterocycles. The predicted molar refractivity (Wildman–Crippen MR) is 63.9 cm³/mol. The highest BCUT2D eigenvalue weighted by Gasteiger charge is 2.33. The molecule has 0 aromatic carbocycles. The Bertz CT molecular complexity index is 606. The molecule has 19 heavy (non-hydrogen) atoms. The highest BCUT2D eigenvalue weighted by Crippen LogP contribution is 2.21. The number of likely N-dealkylation sites (N-methyl/N-ethyl adjacent to an activating group) is 1. The molecule has 1 amide bonds. The molecule has 1 rings (SSSR count). The Morgan fingerprint density at radius 3 is 2.47 bits per heavy atom. The van der Waals surface area contributed by atoms with Crippen LogP contribution < -0.4 is 5.73 Å². The average Bonchev–Trinajstić information content (AvgIpc) is 2.68. The SMILES string of the molecule is CCN(CC(N)=O)S(=O)(=O)c1c(C(=O)O)n[nH]c1C. The zero-order valence-corrected chi connectivity index (χ0v) is 11.2. The van der Waals surface area contributed by atoms with E-state index in [0.29, 0.717) is 0 Å². The molecular formula is C9H14N4O5S. The number of hydrogen-bond donors (Lipinski definition) is 3. The number of carbonyl (C=O) groups excluding carboxylic acids is 1. The van der Waals surface area contributed by atoms with Crippen molar-refractivity contribution < 1.29 is 23.1 Å². The molecule has 4 N–H and O–H groups in total. The molecule has 10 heteroatoms. The number of nitrogens with one attached hydrogen (secondary N) is 1. The summed E-state index contributed by atoms with van der Waals surface area (Å²) in [5.41, 5.74) is 4.44. The van der Waals surface area contributed by atoms with E-state index in [1.165, 1.54) is 13.8 Å². The number of carboxylic acids is 1. The minimum Gasteiger partial charge on any atom is -0.476 e. The molecule has 106 valence electrons. The second-order valence-corrected chi connectivity index (χ2v) is 5.60. The molecule has 0 radical (unpaired) electrons. The molecule has 0 unspecified atom stereocenters. The van der Waals surface area contributed by atoms with Crippen molar-refractivity contribution in [2.75, 3.05) is 13.1 Å². The number of aryl methyl sites for hydroxylation is 1. The topological polar surface area (TPSA) is 146 Å². The summed E-state index contributed by atoms with van der Waals surface area (Å²) in [6.45, 7) is 2.35. The van der Waals surface area contributed by atoms with Crippen molar-refractivity contribution in [3.63, 3.8) is 0 Å². The monoisotopic (exact) mass is 290 g/mol. The summed E-state index contributed by atoms with van der Waals surface area (Å²) < 4.78 is 25.4. The van der Waals surface area contributed by atoms with Gasteiger partial charge in [0.15, 0.2) is 5.69 Å². The molecule has 0 spiro atoms. The van der Waals surface area contributed by atoms with Crippen LogP contribution in [-0.4, -0.2) is 53.0 Å². The first-order valence-corrected chi connectivity index (χ1v) is 6.72. The van der Waals surface area contributed by atoms with E-state index in [-0.39, 0.29) is 12.2 Å². The summed E-state index contributed by atoms with van der Waals surface area (Å²) in [5.74, 6) is -2.30. The summed E-state index contributed by atoms with van der Waals surface area (Å²) in [6, 6.07) is 0. The molecule has 0 aliphatic heterocycles. The zero-order chi connectivity index (χ0) is 14.8. The highest BCUT2D eigenvalue weighted by atomic mass is 32.2. The first-order valence-electron chi connectivity index (χ1n) is 5.28. The third kappa shape index (κ3) is 2.90. The van der Waals surface area contributed by atoms with E-state index in [1.807, 2.05) is 0 Å². The van der Waals surface area contributed by atoms with Crippen molar-refractivity contribution in [2.24, 2.45) is 5.73 Å². The summed E-state index contributed by atoms with van der Waals surface area (Å²) in [6.07, 6.45) is 0. The lowest BCUT2D eigenvalue weighted by Gasteiger charge is -2.18. The number of aromatic carboxylic acids is 1. The Labute approximate surface area is 109 Å². The number of nitrogens with two attached hydrogens (primary N) is 1. The van der Waals surface area contributed by atoms with Gasteiger partial charge in [0.2, 0.25) is 15.9 Å². The maximum atomic E-state index is 12.3. The number of carboxylic acid groups (broad SMARTS) is 1. The molecule has 9 nitrogen and oxygen atoms in total. The number of primary amides is 1. The smallest absolute Gasteiger partial charge is 0.357 e. The van der Waals surface area contributed by atoms with Gasteiger partial charge in [-0.15, -0.1) is 0 Å². The van der Waals surface area contributed by atoms with Crippen LogP contribution in [0.5, 0.6) is 0 Å². The van der Waals surface area contributed by atoms with Gasteiger partial charge in [-0.3, -0.25) is 9.89 Å². The third-order valence-corrected chi connectivity index (χ3v) is 4.46. The normalized spacial score (nSPS) is 11.7. The van der Waals surface area contributed by atoms with Crippen LogP contribution in [0.15, 0.2) is 4.90 Å². The van der Waals surface area contributed by atoms with E-state index in [4.69, 9.17) is 10.8 Å². The number of aromatic amines is 1. The summed E-state index contributed by atoms with van der Waals surface area (Å²) in [5, 5.41) is 14.7. The van der Waals surface area contributed by atoms with Gasteiger partial charge in [0.25, 0.3) is 0 Å². The fourth-order valence-corrected chi connectivity index (χ4v) is 3.25. The van der Waals surface area contributed by atoms with Gasteiger partial charge in [-0.05, 0) is 6.92 Å². The van der Waals surface area contributed by atoms with E-state index in [1.54, 1.807) is 0 Å². The third-order valence-electron chi connectivity index (χ3n) is 2.38. The zero-order valence-electron chi connectivity index (χ0n) is 10.4.